The highest BCUT2D eigenvalue weighted by molar-refractivity contribution is 5.83. The van der Waals surface area contributed by atoms with Gasteiger partial charge < -0.3 is 4.42 Å². The molecule has 0 atom stereocenters. The van der Waals surface area contributed by atoms with Crippen LogP contribution in [0.5, 0.6) is 0 Å². The molecule has 2 nitrogen and oxygen atoms in total. The average molecular weight is 158 g/mol. The third-order valence-electron chi connectivity index (χ3n) is 2.29. The summed E-state index contributed by atoms with van der Waals surface area (Å²) in [4.78, 5) is 11.3. The van der Waals surface area contributed by atoms with Crippen LogP contribution in [-0.4, -0.2) is 0 Å². The lowest BCUT2D eigenvalue weighted by molar-refractivity contribution is 0.596. The minimum atomic E-state index is 0.0547. The van der Waals surface area contributed by atoms with E-state index >= 15 is 0 Å². The van der Waals surface area contributed by atoms with E-state index in [2.05, 4.69) is 6.07 Å². The summed E-state index contributed by atoms with van der Waals surface area (Å²) >= 11 is 0. The fraction of sp³-hybridized carbons (Fsp3) is 0.100. The lowest BCUT2D eigenvalue weighted by Crippen LogP contribution is -2.07. The van der Waals surface area contributed by atoms with Crippen molar-refractivity contribution in [3.05, 3.63) is 45.8 Å². The Morgan fingerprint density at radius 3 is 2.92 bits per heavy atom. The second-order valence-corrected chi connectivity index (χ2v) is 3.09. The predicted molar refractivity (Wildman–Crippen MR) is 45.3 cm³/mol. The molecule has 2 aromatic rings. The maximum atomic E-state index is 11.3. The van der Waals surface area contributed by atoms with Gasteiger partial charge in [-0.05, 0) is 11.6 Å². The van der Waals surface area contributed by atoms with Gasteiger partial charge in [0.15, 0.2) is 5.43 Å². The predicted octanol–water partition coefficient (Wildman–Crippen LogP) is 1.70. The molecule has 0 N–H and O–H groups in total. The van der Waals surface area contributed by atoms with Crippen molar-refractivity contribution in [1.82, 2.24) is 0 Å². The molecule has 0 aliphatic heterocycles. The fourth-order valence-corrected chi connectivity index (χ4v) is 1.65. The minimum absolute atomic E-state index is 0.0547. The summed E-state index contributed by atoms with van der Waals surface area (Å²) in [6.07, 6.45) is 2.42. The third kappa shape index (κ3) is 0.576. The Labute approximate surface area is 68.4 Å². The van der Waals surface area contributed by atoms with Gasteiger partial charge in [-0.1, -0.05) is 6.07 Å². The minimum Gasteiger partial charge on any atom is -0.464 e. The topological polar surface area (TPSA) is 30.2 Å². The number of rotatable bonds is 0. The van der Waals surface area contributed by atoms with Crippen LogP contribution in [0, 0.1) is 0 Å². The first-order chi connectivity index (χ1) is 5.84. The summed E-state index contributed by atoms with van der Waals surface area (Å²) in [5, 5.41) is 0.719. The number of hydrogen-bond acceptors (Lipinski definition) is 2. The molecule has 2 bridgehead atoms. The van der Waals surface area contributed by atoms with Crippen LogP contribution in [0.25, 0.3) is 11.0 Å². The maximum Gasteiger partial charge on any atom is 0.192 e. The molecular formula is C10H6O2. The van der Waals surface area contributed by atoms with Crippen molar-refractivity contribution >= 4 is 11.0 Å². The summed E-state index contributed by atoms with van der Waals surface area (Å²) in [5.74, 6) is 0. The Kier molecular flexibility index (Phi) is 0.888. The van der Waals surface area contributed by atoms with Crippen molar-refractivity contribution in [2.24, 2.45) is 0 Å². The van der Waals surface area contributed by atoms with Gasteiger partial charge in [0.2, 0.25) is 0 Å². The molecule has 12 heavy (non-hydrogen) atoms. The molecule has 0 fully saturated rings. The smallest absolute Gasteiger partial charge is 0.192 e. The normalized spacial score (nSPS) is 13.0. The zero-order valence-electron chi connectivity index (χ0n) is 6.33. The Hall–Kier alpha value is -1.57. The lowest BCUT2D eigenvalue weighted by Gasteiger charge is -2.15. The van der Waals surface area contributed by atoms with Gasteiger partial charge in [0.25, 0.3) is 0 Å². The molecule has 58 valence electrons. The van der Waals surface area contributed by atoms with Gasteiger partial charge in [-0.3, -0.25) is 4.79 Å². The van der Waals surface area contributed by atoms with Gasteiger partial charge >= 0.3 is 0 Å². The first kappa shape index (κ1) is 6.00. The summed E-state index contributed by atoms with van der Waals surface area (Å²) in [6.45, 7) is 0. The van der Waals surface area contributed by atoms with E-state index in [9.17, 15) is 4.79 Å². The standard InChI is InChI=1S/C10H6O2/c11-9-1-2-12-10-7-3-6(4-7)5-8(9)10/h1-3,5H,4H2. The van der Waals surface area contributed by atoms with Gasteiger partial charge in [0.1, 0.15) is 5.58 Å². The molecule has 0 radical (unpaired) electrons. The van der Waals surface area contributed by atoms with E-state index in [4.69, 9.17) is 4.42 Å². The van der Waals surface area contributed by atoms with Crippen molar-refractivity contribution in [1.29, 1.82) is 0 Å². The Bertz CT molecular complexity index is 523. The largest absolute Gasteiger partial charge is 0.464 e. The van der Waals surface area contributed by atoms with Crippen LogP contribution in [0.4, 0.5) is 0 Å². The van der Waals surface area contributed by atoms with Crippen molar-refractivity contribution in [2.75, 3.05) is 0 Å². The van der Waals surface area contributed by atoms with Gasteiger partial charge in [0.05, 0.1) is 11.6 Å². The van der Waals surface area contributed by atoms with Crippen molar-refractivity contribution in [3.8, 4) is 0 Å². The summed E-state index contributed by atoms with van der Waals surface area (Å²) < 4.78 is 5.27. The molecule has 0 saturated carbocycles. The Balaban J connectivity index is 2.65. The highest BCUT2D eigenvalue weighted by atomic mass is 16.3. The third-order valence-corrected chi connectivity index (χ3v) is 2.29. The number of benzene rings is 1. The molecule has 1 heterocycles. The van der Waals surface area contributed by atoms with Gasteiger partial charge in [-0.15, -0.1) is 0 Å². The molecule has 0 saturated heterocycles. The zero-order chi connectivity index (χ0) is 8.13. The van der Waals surface area contributed by atoms with Gasteiger partial charge in [-0.25, -0.2) is 0 Å². The van der Waals surface area contributed by atoms with E-state index in [0.717, 1.165) is 23.0 Å². The highest BCUT2D eigenvalue weighted by Gasteiger charge is 2.16. The molecule has 1 aromatic carbocycles. The monoisotopic (exact) mass is 158 g/mol. The van der Waals surface area contributed by atoms with E-state index in [-0.39, 0.29) is 5.43 Å². The number of hydrogen-bond donors (Lipinski definition) is 0. The average Bonchev–Trinajstić information content (AvgIpc) is 2.02. The van der Waals surface area contributed by atoms with Gasteiger partial charge in [0, 0.05) is 18.1 Å². The molecular weight excluding hydrogens is 152 g/mol. The van der Waals surface area contributed by atoms with Crippen LogP contribution in [0.3, 0.4) is 0 Å². The lowest BCUT2D eigenvalue weighted by atomic mass is 9.90. The van der Waals surface area contributed by atoms with E-state index in [1.54, 1.807) is 0 Å². The molecule has 1 aromatic heterocycles. The van der Waals surface area contributed by atoms with E-state index in [0.29, 0.717) is 0 Å². The van der Waals surface area contributed by atoms with Crippen LogP contribution in [0.15, 0.2) is 33.7 Å². The van der Waals surface area contributed by atoms with Crippen molar-refractivity contribution in [3.63, 3.8) is 0 Å². The van der Waals surface area contributed by atoms with Crippen LogP contribution in [-0.2, 0) is 6.42 Å². The van der Waals surface area contributed by atoms with Crippen LogP contribution in [0.2, 0.25) is 0 Å². The van der Waals surface area contributed by atoms with Crippen LogP contribution in [0.1, 0.15) is 11.1 Å². The molecule has 2 aliphatic rings. The summed E-state index contributed by atoms with van der Waals surface area (Å²) in [6, 6.07) is 5.43. The van der Waals surface area contributed by atoms with Crippen molar-refractivity contribution in [2.45, 2.75) is 6.42 Å². The molecule has 4 rings (SSSR count). The van der Waals surface area contributed by atoms with Crippen molar-refractivity contribution < 1.29 is 4.42 Å². The van der Waals surface area contributed by atoms with E-state index in [1.165, 1.54) is 17.9 Å². The zero-order valence-corrected chi connectivity index (χ0v) is 6.33. The maximum absolute atomic E-state index is 11.3. The van der Waals surface area contributed by atoms with E-state index in [1.807, 2.05) is 6.07 Å². The van der Waals surface area contributed by atoms with E-state index < -0.39 is 0 Å². The summed E-state index contributed by atoms with van der Waals surface area (Å²) in [7, 11) is 0. The molecule has 0 spiro atoms. The quantitative estimate of drug-likeness (QED) is 0.498. The molecule has 2 aliphatic carbocycles. The molecule has 0 amide bonds. The Morgan fingerprint density at radius 1 is 1.33 bits per heavy atom. The first-order valence-corrected chi connectivity index (χ1v) is 3.88. The van der Waals surface area contributed by atoms with Crippen LogP contribution < -0.4 is 5.43 Å². The van der Waals surface area contributed by atoms with Crippen LogP contribution >= 0.6 is 0 Å². The molecule has 0 unspecified atom stereocenters. The first-order valence-electron chi connectivity index (χ1n) is 3.88. The summed E-state index contributed by atoms with van der Waals surface area (Å²) in [5.41, 5.74) is 3.20. The molecule has 2 heteroatoms. The fourth-order valence-electron chi connectivity index (χ4n) is 1.65. The highest BCUT2D eigenvalue weighted by Crippen LogP contribution is 2.29. The second-order valence-electron chi connectivity index (χ2n) is 3.09. The Morgan fingerprint density at radius 2 is 2.17 bits per heavy atom. The SMILES string of the molecule is O=c1ccoc2c3cc(cc12)C3. The van der Waals surface area contributed by atoms with Gasteiger partial charge in [-0.2, -0.15) is 0 Å². The second kappa shape index (κ2) is 1.78.